The number of carbonyl (C=O) groups excluding carboxylic acids is 1. The molecule has 3 heterocycles. The van der Waals surface area contributed by atoms with Crippen LogP contribution in [0.2, 0.25) is 0 Å². The Morgan fingerprint density at radius 1 is 1.10 bits per heavy atom. The van der Waals surface area contributed by atoms with Crippen molar-refractivity contribution in [1.82, 2.24) is 24.2 Å². The van der Waals surface area contributed by atoms with E-state index in [1.165, 1.54) is 16.4 Å². The lowest BCUT2D eigenvalue weighted by molar-refractivity contribution is -0.121. The first-order valence-electron chi connectivity index (χ1n) is 13.1. The van der Waals surface area contributed by atoms with Gasteiger partial charge in [-0.25, -0.2) is 12.8 Å². The number of carbonyl (C=O) groups is 1. The Labute approximate surface area is 227 Å². The average molecular weight is 557 g/mol. The SMILES string of the molecule is Cc1ccc(NC(=O)C2CCCN(Cc3nc(-c4ccc(F)cc4)no3)C2)cc1S(=O)(=O)N1CCN(C)CC1. The van der Waals surface area contributed by atoms with E-state index in [0.717, 1.165) is 19.4 Å². The highest BCUT2D eigenvalue weighted by atomic mass is 32.2. The van der Waals surface area contributed by atoms with Crippen LogP contribution in [0, 0.1) is 18.7 Å². The number of aryl methyl sites for hydroxylation is 1. The Bertz CT molecular complexity index is 1420. The summed E-state index contributed by atoms with van der Waals surface area (Å²) in [6.07, 6.45) is 1.55. The second kappa shape index (κ2) is 11.5. The summed E-state index contributed by atoms with van der Waals surface area (Å²) in [6, 6.07) is 10.9. The van der Waals surface area contributed by atoms with E-state index in [4.69, 9.17) is 4.52 Å². The van der Waals surface area contributed by atoms with E-state index >= 15 is 0 Å². The molecule has 12 heteroatoms. The van der Waals surface area contributed by atoms with Gasteiger partial charge >= 0.3 is 0 Å². The molecule has 0 spiro atoms. The lowest BCUT2D eigenvalue weighted by Gasteiger charge is -2.32. The molecule has 5 rings (SSSR count). The Morgan fingerprint density at radius 2 is 1.85 bits per heavy atom. The van der Waals surface area contributed by atoms with Gasteiger partial charge in [-0.15, -0.1) is 0 Å². The van der Waals surface area contributed by atoms with Gasteiger partial charge in [0.15, 0.2) is 0 Å². The summed E-state index contributed by atoms with van der Waals surface area (Å²) < 4.78 is 46.8. The number of likely N-dealkylation sites (tertiary alicyclic amines) is 1. The molecule has 2 saturated heterocycles. The summed E-state index contributed by atoms with van der Waals surface area (Å²) in [5.41, 5.74) is 1.78. The van der Waals surface area contributed by atoms with Gasteiger partial charge in [0.2, 0.25) is 27.6 Å². The second-order valence-corrected chi connectivity index (χ2v) is 12.2. The zero-order chi connectivity index (χ0) is 27.6. The summed E-state index contributed by atoms with van der Waals surface area (Å²) in [5, 5.41) is 6.93. The number of nitrogens with zero attached hydrogens (tertiary/aromatic N) is 5. The zero-order valence-corrected chi connectivity index (χ0v) is 23.0. The molecule has 3 aromatic rings. The van der Waals surface area contributed by atoms with Gasteiger partial charge in [0.1, 0.15) is 5.82 Å². The number of rotatable bonds is 7. The molecule has 0 radical (unpaired) electrons. The van der Waals surface area contributed by atoms with Gasteiger partial charge in [-0.05, 0) is 75.3 Å². The minimum atomic E-state index is -3.66. The Balaban J connectivity index is 1.22. The number of amides is 1. The number of hydrogen-bond donors (Lipinski definition) is 1. The van der Waals surface area contributed by atoms with Crippen molar-refractivity contribution < 1.29 is 22.1 Å². The number of hydrogen-bond acceptors (Lipinski definition) is 8. The summed E-state index contributed by atoms with van der Waals surface area (Å²) in [7, 11) is -1.68. The third kappa shape index (κ3) is 6.35. The monoisotopic (exact) mass is 556 g/mol. The normalized spacial score (nSPS) is 19.7. The maximum absolute atomic E-state index is 13.3. The highest BCUT2D eigenvalue weighted by Gasteiger charge is 2.30. The fourth-order valence-electron chi connectivity index (χ4n) is 5.01. The summed E-state index contributed by atoms with van der Waals surface area (Å²) in [6.45, 7) is 5.72. The molecule has 1 amide bonds. The van der Waals surface area contributed by atoms with Crippen LogP contribution in [0.5, 0.6) is 0 Å². The van der Waals surface area contributed by atoms with Gasteiger partial charge in [-0.1, -0.05) is 11.2 Å². The largest absolute Gasteiger partial charge is 0.338 e. The average Bonchev–Trinajstić information content (AvgIpc) is 3.39. The van der Waals surface area contributed by atoms with Crippen LogP contribution in [0.1, 0.15) is 24.3 Å². The molecule has 0 saturated carbocycles. The molecule has 2 aromatic carbocycles. The number of piperazine rings is 1. The van der Waals surface area contributed by atoms with Gasteiger partial charge in [-0.3, -0.25) is 9.69 Å². The first-order valence-corrected chi connectivity index (χ1v) is 14.5. The van der Waals surface area contributed by atoms with E-state index in [0.29, 0.717) is 67.8 Å². The maximum atomic E-state index is 13.3. The van der Waals surface area contributed by atoms with Crippen LogP contribution in [0.4, 0.5) is 10.1 Å². The highest BCUT2D eigenvalue weighted by molar-refractivity contribution is 7.89. The van der Waals surface area contributed by atoms with Crippen molar-refractivity contribution in [2.75, 3.05) is 51.6 Å². The van der Waals surface area contributed by atoms with Crippen LogP contribution in [0.15, 0.2) is 51.9 Å². The van der Waals surface area contributed by atoms with Crippen LogP contribution < -0.4 is 5.32 Å². The van der Waals surface area contributed by atoms with Crippen molar-refractivity contribution in [3.8, 4) is 11.4 Å². The first kappa shape index (κ1) is 27.4. The lowest BCUT2D eigenvalue weighted by atomic mass is 9.97. The Morgan fingerprint density at radius 3 is 2.59 bits per heavy atom. The molecule has 0 bridgehead atoms. The molecule has 1 aromatic heterocycles. The van der Waals surface area contributed by atoms with E-state index < -0.39 is 10.0 Å². The number of anilines is 1. The molecule has 2 fully saturated rings. The number of halogens is 1. The second-order valence-electron chi connectivity index (χ2n) is 10.3. The molecule has 2 aliphatic heterocycles. The molecule has 10 nitrogen and oxygen atoms in total. The molecule has 0 aliphatic carbocycles. The molecule has 1 N–H and O–H groups in total. The van der Waals surface area contributed by atoms with Crippen LogP contribution in [0.3, 0.4) is 0 Å². The molecule has 2 aliphatic rings. The molecule has 39 heavy (non-hydrogen) atoms. The standard InChI is InChI=1S/C27H33FN6O4S/c1-19-5-10-23(16-24(19)39(36,37)34-14-12-32(2)13-15-34)29-27(35)21-4-3-11-33(17-21)18-25-30-26(31-38-25)20-6-8-22(28)9-7-20/h5-10,16,21H,3-4,11-15,17-18H2,1-2H3,(H,29,35). The third-order valence-electron chi connectivity index (χ3n) is 7.34. The molecular weight excluding hydrogens is 523 g/mol. The number of nitrogens with one attached hydrogen (secondary N) is 1. The van der Waals surface area contributed by atoms with Gasteiger partial charge in [0.05, 0.1) is 17.4 Å². The van der Waals surface area contributed by atoms with Crippen molar-refractivity contribution in [2.24, 2.45) is 5.92 Å². The van der Waals surface area contributed by atoms with E-state index in [-0.39, 0.29) is 22.5 Å². The van der Waals surface area contributed by atoms with E-state index in [1.54, 1.807) is 37.3 Å². The summed E-state index contributed by atoms with van der Waals surface area (Å²) >= 11 is 0. The quantitative estimate of drug-likeness (QED) is 0.473. The smallest absolute Gasteiger partial charge is 0.243 e. The Kier molecular flexibility index (Phi) is 8.08. The van der Waals surface area contributed by atoms with Crippen molar-refractivity contribution in [3.05, 3.63) is 59.7 Å². The van der Waals surface area contributed by atoms with E-state index in [9.17, 15) is 17.6 Å². The van der Waals surface area contributed by atoms with Crippen molar-refractivity contribution in [2.45, 2.75) is 31.2 Å². The minimum absolute atomic E-state index is 0.149. The van der Waals surface area contributed by atoms with Crippen molar-refractivity contribution in [1.29, 1.82) is 0 Å². The van der Waals surface area contributed by atoms with Crippen LogP contribution in [-0.2, 0) is 21.4 Å². The Hall–Kier alpha value is -3.19. The van der Waals surface area contributed by atoms with E-state index in [2.05, 4.69) is 25.3 Å². The molecule has 1 unspecified atom stereocenters. The number of likely N-dealkylation sites (N-methyl/N-ethyl adjacent to an activating group) is 1. The van der Waals surface area contributed by atoms with Gasteiger partial charge < -0.3 is 14.7 Å². The fourth-order valence-corrected chi connectivity index (χ4v) is 6.68. The maximum Gasteiger partial charge on any atom is 0.243 e. The van der Waals surface area contributed by atoms with Gasteiger partial charge in [0.25, 0.3) is 0 Å². The summed E-state index contributed by atoms with van der Waals surface area (Å²) in [5.74, 6) is 0.0607. The predicted molar refractivity (Wildman–Crippen MR) is 144 cm³/mol. The summed E-state index contributed by atoms with van der Waals surface area (Å²) in [4.78, 5) is 22.0. The van der Waals surface area contributed by atoms with Crippen LogP contribution in [0.25, 0.3) is 11.4 Å². The van der Waals surface area contributed by atoms with Gasteiger partial charge in [0, 0.05) is 44.0 Å². The number of aromatic nitrogens is 2. The van der Waals surface area contributed by atoms with E-state index in [1.807, 2.05) is 7.05 Å². The molecule has 1 atom stereocenters. The number of sulfonamides is 1. The minimum Gasteiger partial charge on any atom is -0.338 e. The number of benzene rings is 2. The molecular formula is C27H33FN6O4S. The molecule has 208 valence electrons. The van der Waals surface area contributed by atoms with Crippen molar-refractivity contribution in [3.63, 3.8) is 0 Å². The predicted octanol–water partition coefficient (Wildman–Crippen LogP) is 2.97. The van der Waals surface area contributed by atoms with Crippen LogP contribution >= 0.6 is 0 Å². The van der Waals surface area contributed by atoms with Crippen molar-refractivity contribution >= 4 is 21.6 Å². The van der Waals surface area contributed by atoms with Crippen LogP contribution in [-0.4, -0.2) is 84.9 Å². The number of piperidine rings is 1. The zero-order valence-electron chi connectivity index (χ0n) is 22.1. The lowest BCUT2D eigenvalue weighted by Crippen LogP contribution is -2.47. The highest BCUT2D eigenvalue weighted by Crippen LogP contribution is 2.26. The van der Waals surface area contributed by atoms with Gasteiger partial charge in [-0.2, -0.15) is 9.29 Å². The third-order valence-corrected chi connectivity index (χ3v) is 9.38. The topological polar surface area (TPSA) is 112 Å². The fraction of sp³-hybridized carbons (Fsp3) is 0.444. The first-order chi connectivity index (χ1) is 18.7.